The van der Waals surface area contributed by atoms with Crippen LogP contribution >= 0.6 is 0 Å². The van der Waals surface area contributed by atoms with E-state index in [0.29, 0.717) is 6.54 Å². The summed E-state index contributed by atoms with van der Waals surface area (Å²) in [4.78, 5) is 25.0. The highest BCUT2D eigenvalue weighted by Gasteiger charge is 2.28. The zero-order valence-corrected chi connectivity index (χ0v) is 13.2. The van der Waals surface area contributed by atoms with Crippen LogP contribution in [0.5, 0.6) is 0 Å². The number of likely N-dealkylation sites (N-methyl/N-ethyl adjacent to an activating group) is 1. The molecule has 1 aliphatic rings. The number of fused-ring (bicyclic) bond motifs is 1. The minimum absolute atomic E-state index is 0.179. The third-order valence-electron chi connectivity index (χ3n) is 4.09. The first-order valence-electron chi connectivity index (χ1n) is 7.68. The van der Waals surface area contributed by atoms with Crippen LogP contribution in [0.4, 0.5) is 11.4 Å². The number of anilines is 2. The molecule has 0 saturated heterocycles. The molecule has 0 aliphatic carbocycles. The Balaban J connectivity index is 1.66. The smallest absolute Gasteiger partial charge is 0.298 e. The Hall–Kier alpha value is -3.22. The molecule has 7 heteroatoms. The van der Waals surface area contributed by atoms with Gasteiger partial charge in [0.2, 0.25) is 5.82 Å². The lowest BCUT2D eigenvalue weighted by molar-refractivity contribution is 0.0977. The highest BCUT2D eigenvalue weighted by Crippen LogP contribution is 2.31. The second-order valence-corrected chi connectivity index (χ2v) is 5.59. The van der Waals surface area contributed by atoms with Gasteiger partial charge >= 0.3 is 0 Å². The van der Waals surface area contributed by atoms with Crippen LogP contribution < -0.4 is 9.80 Å². The molecule has 0 saturated carbocycles. The van der Waals surface area contributed by atoms with Gasteiger partial charge in [0.15, 0.2) is 0 Å². The fraction of sp³-hybridized carbons (Fsp3) is 0.176. The van der Waals surface area contributed by atoms with E-state index in [9.17, 15) is 4.79 Å². The van der Waals surface area contributed by atoms with Gasteiger partial charge in [-0.3, -0.25) is 9.78 Å². The van der Waals surface area contributed by atoms with E-state index in [4.69, 9.17) is 0 Å². The van der Waals surface area contributed by atoms with Crippen LogP contribution in [0.15, 0.2) is 55.1 Å². The third-order valence-corrected chi connectivity index (χ3v) is 4.09. The molecule has 7 nitrogen and oxygen atoms in total. The Kier molecular flexibility index (Phi) is 3.45. The maximum atomic E-state index is 12.9. The second-order valence-electron chi connectivity index (χ2n) is 5.59. The van der Waals surface area contributed by atoms with Crippen molar-refractivity contribution in [3.8, 4) is 5.69 Å². The Morgan fingerprint density at radius 3 is 2.75 bits per heavy atom. The summed E-state index contributed by atoms with van der Waals surface area (Å²) in [5, 5.41) is 4.33. The lowest BCUT2D eigenvalue weighted by Crippen LogP contribution is -2.43. The van der Waals surface area contributed by atoms with Crippen molar-refractivity contribution in [1.29, 1.82) is 0 Å². The highest BCUT2D eigenvalue weighted by molar-refractivity contribution is 6.06. The molecule has 24 heavy (non-hydrogen) atoms. The predicted molar refractivity (Wildman–Crippen MR) is 90.5 cm³/mol. The Morgan fingerprint density at radius 1 is 1.08 bits per heavy atom. The van der Waals surface area contributed by atoms with Crippen LogP contribution in [0.2, 0.25) is 0 Å². The summed E-state index contributed by atoms with van der Waals surface area (Å²) in [6, 6.07) is 11.5. The molecule has 1 aromatic carbocycles. The molecule has 1 amide bonds. The zero-order valence-electron chi connectivity index (χ0n) is 13.2. The normalized spacial score (nSPS) is 13.7. The Labute approximate surface area is 139 Å². The van der Waals surface area contributed by atoms with Gasteiger partial charge in [-0.05, 0) is 18.2 Å². The fourth-order valence-electron chi connectivity index (χ4n) is 2.80. The summed E-state index contributed by atoms with van der Waals surface area (Å²) in [6.07, 6.45) is 4.99. The van der Waals surface area contributed by atoms with Crippen LogP contribution in [-0.4, -0.2) is 45.8 Å². The number of rotatable bonds is 2. The molecule has 2 aromatic heterocycles. The predicted octanol–water partition coefficient (Wildman–Crippen LogP) is 1.76. The van der Waals surface area contributed by atoms with Crippen LogP contribution in [0, 0.1) is 0 Å². The van der Waals surface area contributed by atoms with Gasteiger partial charge < -0.3 is 9.80 Å². The number of carbonyl (C=O) groups excluding carboxylic acids is 1. The van der Waals surface area contributed by atoms with Gasteiger partial charge in [0.1, 0.15) is 6.33 Å². The molecule has 0 bridgehead atoms. The fourth-order valence-corrected chi connectivity index (χ4v) is 2.80. The number of hydrogen-bond donors (Lipinski definition) is 0. The van der Waals surface area contributed by atoms with E-state index in [0.717, 1.165) is 23.6 Å². The van der Waals surface area contributed by atoms with Gasteiger partial charge in [0, 0.05) is 26.3 Å². The van der Waals surface area contributed by atoms with Crippen molar-refractivity contribution >= 4 is 17.3 Å². The number of nitrogens with zero attached hydrogens (tertiary/aromatic N) is 6. The van der Waals surface area contributed by atoms with E-state index in [1.165, 1.54) is 0 Å². The molecule has 120 valence electrons. The lowest BCUT2D eigenvalue weighted by Gasteiger charge is -2.34. The third kappa shape index (κ3) is 2.40. The quantitative estimate of drug-likeness (QED) is 0.720. The number of hydrogen-bond acceptors (Lipinski definition) is 5. The molecular formula is C17H16N6O. The van der Waals surface area contributed by atoms with Crippen LogP contribution in [0.1, 0.15) is 10.6 Å². The van der Waals surface area contributed by atoms with Crippen molar-refractivity contribution in [3.05, 3.63) is 60.9 Å². The SMILES string of the molecule is CN1CCN(C(=O)c2ncn(-c3ccccc3)n2)c2cnccc21. The maximum Gasteiger partial charge on any atom is 0.298 e. The summed E-state index contributed by atoms with van der Waals surface area (Å²) in [7, 11) is 2.00. The molecule has 0 fully saturated rings. The number of pyridine rings is 1. The molecule has 4 rings (SSSR count). The average molecular weight is 320 g/mol. The molecule has 0 N–H and O–H groups in total. The summed E-state index contributed by atoms with van der Waals surface area (Å²) in [5.41, 5.74) is 2.63. The highest BCUT2D eigenvalue weighted by atomic mass is 16.2. The largest absolute Gasteiger partial charge is 0.371 e. The van der Waals surface area contributed by atoms with Gasteiger partial charge in [0.05, 0.1) is 23.3 Å². The van der Waals surface area contributed by atoms with Gasteiger partial charge in [-0.25, -0.2) is 9.67 Å². The van der Waals surface area contributed by atoms with Crippen LogP contribution in [0.3, 0.4) is 0 Å². The second kappa shape index (κ2) is 5.77. The topological polar surface area (TPSA) is 67.2 Å². The molecule has 1 aliphatic heterocycles. The van der Waals surface area contributed by atoms with Gasteiger partial charge in [-0.15, -0.1) is 5.10 Å². The number of carbonyl (C=O) groups is 1. The summed E-state index contributed by atoms with van der Waals surface area (Å²) in [5.74, 6) is -0.0368. The van der Waals surface area contributed by atoms with E-state index in [1.807, 2.05) is 43.4 Å². The number of aromatic nitrogens is 4. The lowest BCUT2D eigenvalue weighted by atomic mass is 10.2. The monoisotopic (exact) mass is 320 g/mol. The Morgan fingerprint density at radius 2 is 1.92 bits per heavy atom. The first kappa shape index (κ1) is 14.4. The molecule has 0 atom stereocenters. The van der Waals surface area contributed by atoms with Crippen molar-refractivity contribution < 1.29 is 4.79 Å². The van der Waals surface area contributed by atoms with Crippen LogP contribution in [0.25, 0.3) is 5.69 Å². The van der Waals surface area contributed by atoms with E-state index in [1.54, 1.807) is 28.3 Å². The summed E-state index contributed by atoms with van der Waals surface area (Å²) < 4.78 is 1.60. The Bertz CT molecular complexity index is 876. The number of amides is 1. The van der Waals surface area contributed by atoms with E-state index in [2.05, 4.69) is 20.0 Å². The standard InChI is InChI=1S/C17H16N6O/c1-21-9-10-22(15-11-18-8-7-14(15)21)17(24)16-19-12-23(20-16)13-5-3-2-4-6-13/h2-8,11-12H,9-10H2,1H3. The molecule has 0 spiro atoms. The van der Waals surface area contributed by atoms with Crippen molar-refractivity contribution in [3.63, 3.8) is 0 Å². The van der Waals surface area contributed by atoms with Crippen molar-refractivity contribution in [2.45, 2.75) is 0 Å². The molecule has 0 unspecified atom stereocenters. The van der Waals surface area contributed by atoms with Crippen molar-refractivity contribution in [2.24, 2.45) is 0 Å². The van der Waals surface area contributed by atoms with Crippen molar-refractivity contribution in [2.75, 3.05) is 29.9 Å². The number of benzene rings is 1. The van der Waals surface area contributed by atoms with E-state index < -0.39 is 0 Å². The molecule has 3 heterocycles. The summed E-state index contributed by atoms with van der Waals surface area (Å²) in [6.45, 7) is 1.33. The molecule has 3 aromatic rings. The first-order valence-corrected chi connectivity index (χ1v) is 7.68. The molecular weight excluding hydrogens is 304 g/mol. The zero-order chi connectivity index (χ0) is 16.5. The number of para-hydroxylation sites is 1. The molecule has 0 radical (unpaired) electrons. The van der Waals surface area contributed by atoms with E-state index in [-0.39, 0.29) is 11.7 Å². The van der Waals surface area contributed by atoms with Gasteiger partial charge in [-0.1, -0.05) is 18.2 Å². The minimum Gasteiger partial charge on any atom is -0.371 e. The van der Waals surface area contributed by atoms with E-state index >= 15 is 0 Å². The summed E-state index contributed by atoms with van der Waals surface area (Å²) >= 11 is 0. The average Bonchev–Trinajstić information content (AvgIpc) is 3.13. The minimum atomic E-state index is -0.216. The first-order chi connectivity index (χ1) is 11.7. The van der Waals surface area contributed by atoms with Crippen molar-refractivity contribution in [1.82, 2.24) is 19.7 Å². The van der Waals surface area contributed by atoms with Gasteiger partial charge in [0.25, 0.3) is 5.91 Å². The van der Waals surface area contributed by atoms with Crippen LogP contribution in [-0.2, 0) is 0 Å². The van der Waals surface area contributed by atoms with Gasteiger partial charge in [-0.2, -0.15) is 0 Å². The maximum absolute atomic E-state index is 12.9.